The number of nitrogens with zero attached hydrogens (tertiary/aromatic N) is 3. The van der Waals surface area contributed by atoms with E-state index in [0.717, 1.165) is 22.9 Å². The number of nitriles is 1. The number of benzene rings is 1. The molecule has 0 aliphatic heterocycles. The van der Waals surface area contributed by atoms with E-state index in [2.05, 4.69) is 11.2 Å². The van der Waals surface area contributed by atoms with Crippen LogP contribution in [0.5, 0.6) is 0 Å². The molecule has 1 heterocycles. The third kappa shape index (κ3) is 3.22. The van der Waals surface area contributed by atoms with Gasteiger partial charge in [0.25, 0.3) is 0 Å². The van der Waals surface area contributed by atoms with Crippen LogP contribution in [0.25, 0.3) is 10.9 Å². The van der Waals surface area contributed by atoms with Crippen molar-refractivity contribution in [1.29, 1.82) is 5.26 Å². The Morgan fingerprint density at radius 2 is 2.24 bits per heavy atom. The van der Waals surface area contributed by atoms with E-state index in [1.54, 1.807) is 4.68 Å². The molecule has 0 amide bonds. The second-order valence-electron chi connectivity index (χ2n) is 5.16. The van der Waals surface area contributed by atoms with Crippen LogP contribution in [0.4, 0.5) is 0 Å². The molecule has 1 N–H and O–H groups in total. The molecule has 5 nitrogen and oxygen atoms in total. The van der Waals surface area contributed by atoms with Gasteiger partial charge in [0.05, 0.1) is 23.1 Å². The van der Waals surface area contributed by atoms with Crippen LogP contribution in [0.15, 0.2) is 18.3 Å². The molecule has 1 aromatic carbocycles. The Morgan fingerprint density at radius 1 is 1.48 bits per heavy atom. The van der Waals surface area contributed by atoms with Gasteiger partial charge in [0.1, 0.15) is 0 Å². The number of rotatable bonds is 6. The van der Waals surface area contributed by atoms with E-state index in [9.17, 15) is 4.79 Å². The Kier molecular flexibility index (Phi) is 4.59. The highest BCUT2D eigenvalue weighted by Crippen LogP contribution is 2.20. The molecule has 0 saturated carbocycles. The average molecular weight is 285 g/mol. The molecule has 1 aromatic heterocycles. The molecule has 0 radical (unpaired) electrons. The summed E-state index contributed by atoms with van der Waals surface area (Å²) in [6, 6.07) is 6.00. The number of carboxylic acids is 1. The second kappa shape index (κ2) is 6.40. The molecule has 2 aromatic rings. The van der Waals surface area contributed by atoms with Crippen molar-refractivity contribution in [3.8, 4) is 6.07 Å². The van der Waals surface area contributed by atoms with Crippen molar-refractivity contribution >= 4 is 16.9 Å². The number of fused-ring (bicyclic) bond motifs is 1. The van der Waals surface area contributed by atoms with Crippen molar-refractivity contribution in [2.24, 2.45) is 5.92 Å². The molecule has 0 saturated heterocycles. The highest BCUT2D eigenvalue weighted by Gasteiger charge is 2.15. The lowest BCUT2D eigenvalue weighted by molar-refractivity contribution is -0.142. The van der Waals surface area contributed by atoms with Crippen LogP contribution in [0, 0.1) is 17.2 Å². The maximum Gasteiger partial charge on any atom is 0.306 e. The predicted molar refractivity (Wildman–Crippen MR) is 79.9 cm³/mol. The van der Waals surface area contributed by atoms with E-state index in [4.69, 9.17) is 10.4 Å². The molecule has 0 aliphatic rings. The van der Waals surface area contributed by atoms with E-state index in [0.29, 0.717) is 24.9 Å². The largest absolute Gasteiger partial charge is 0.481 e. The van der Waals surface area contributed by atoms with Crippen molar-refractivity contribution in [2.45, 2.75) is 39.7 Å². The topological polar surface area (TPSA) is 78.9 Å². The minimum absolute atomic E-state index is 0.335. The minimum atomic E-state index is -0.755. The molecule has 110 valence electrons. The fourth-order valence-electron chi connectivity index (χ4n) is 2.47. The van der Waals surface area contributed by atoms with Gasteiger partial charge in [-0.25, -0.2) is 0 Å². The zero-order chi connectivity index (χ0) is 15.4. The number of hydrogen-bond acceptors (Lipinski definition) is 3. The van der Waals surface area contributed by atoms with Crippen molar-refractivity contribution in [1.82, 2.24) is 9.78 Å². The molecular formula is C16H19N3O2. The number of aliphatic carboxylic acids is 1. The maximum atomic E-state index is 11.0. The lowest BCUT2D eigenvalue weighted by Gasteiger charge is -2.08. The Morgan fingerprint density at radius 3 is 2.81 bits per heavy atom. The Labute approximate surface area is 123 Å². The van der Waals surface area contributed by atoms with Crippen molar-refractivity contribution in [3.63, 3.8) is 0 Å². The van der Waals surface area contributed by atoms with E-state index in [1.807, 2.05) is 32.2 Å². The summed E-state index contributed by atoms with van der Waals surface area (Å²) < 4.78 is 1.77. The molecule has 0 aliphatic carbocycles. The summed E-state index contributed by atoms with van der Waals surface area (Å²) in [4.78, 5) is 11.0. The van der Waals surface area contributed by atoms with E-state index < -0.39 is 5.97 Å². The Bertz CT molecular complexity index is 697. The third-order valence-corrected chi connectivity index (χ3v) is 3.83. The van der Waals surface area contributed by atoms with E-state index in [1.165, 1.54) is 0 Å². The SMILES string of the molecule is CCc1cc2nn(CCC(CC)C(=O)O)cc2cc1C#N. The molecule has 5 heteroatoms. The number of aryl methyl sites for hydroxylation is 2. The molecule has 2 rings (SSSR count). The van der Waals surface area contributed by atoms with Crippen LogP contribution in [0.3, 0.4) is 0 Å². The van der Waals surface area contributed by atoms with Gasteiger partial charge >= 0.3 is 5.97 Å². The zero-order valence-electron chi connectivity index (χ0n) is 12.3. The first kappa shape index (κ1) is 15.0. The first-order valence-electron chi connectivity index (χ1n) is 7.22. The summed E-state index contributed by atoms with van der Waals surface area (Å²) in [6.07, 6.45) is 3.85. The van der Waals surface area contributed by atoms with Crippen LogP contribution < -0.4 is 0 Å². The van der Waals surface area contributed by atoms with Crippen molar-refractivity contribution < 1.29 is 9.90 Å². The summed E-state index contributed by atoms with van der Waals surface area (Å²) in [5.41, 5.74) is 2.53. The molecule has 1 atom stereocenters. The molecule has 1 unspecified atom stereocenters. The van der Waals surface area contributed by atoms with Gasteiger partial charge in [-0.1, -0.05) is 13.8 Å². The monoisotopic (exact) mass is 285 g/mol. The van der Waals surface area contributed by atoms with Crippen molar-refractivity contribution in [3.05, 3.63) is 29.5 Å². The lowest BCUT2D eigenvalue weighted by Crippen LogP contribution is -2.15. The molecule has 0 fully saturated rings. The standard InChI is InChI=1S/C16H19N3O2/c1-3-11(16(20)21)5-6-19-10-14-7-13(9-17)12(4-2)8-15(14)18-19/h7-8,10-11H,3-6H2,1-2H3,(H,20,21). The lowest BCUT2D eigenvalue weighted by atomic mass is 10.0. The first-order valence-corrected chi connectivity index (χ1v) is 7.22. The van der Waals surface area contributed by atoms with Gasteiger partial charge in [-0.3, -0.25) is 9.48 Å². The van der Waals surface area contributed by atoms with Gasteiger partial charge in [-0.15, -0.1) is 0 Å². The fraction of sp³-hybridized carbons (Fsp3) is 0.438. The highest BCUT2D eigenvalue weighted by molar-refractivity contribution is 5.81. The number of carbonyl (C=O) groups is 1. The van der Waals surface area contributed by atoms with Crippen LogP contribution in [-0.2, 0) is 17.8 Å². The number of carboxylic acid groups (broad SMARTS) is 1. The summed E-state index contributed by atoms with van der Waals surface area (Å²) in [6.45, 7) is 4.46. The van der Waals surface area contributed by atoms with Gasteiger partial charge in [0.15, 0.2) is 0 Å². The zero-order valence-corrected chi connectivity index (χ0v) is 12.3. The number of hydrogen-bond donors (Lipinski definition) is 1. The molecule has 0 spiro atoms. The van der Waals surface area contributed by atoms with Crippen LogP contribution in [0.1, 0.15) is 37.8 Å². The number of aromatic nitrogens is 2. The maximum absolute atomic E-state index is 11.0. The van der Waals surface area contributed by atoms with E-state index in [-0.39, 0.29) is 5.92 Å². The molecular weight excluding hydrogens is 266 g/mol. The quantitative estimate of drug-likeness (QED) is 0.885. The van der Waals surface area contributed by atoms with Gasteiger partial charge in [0.2, 0.25) is 0 Å². The van der Waals surface area contributed by atoms with Gasteiger partial charge in [-0.05, 0) is 37.0 Å². The predicted octanol–water partition coefficient (Wildman–Crippen LogP) is 2.97. The third-order valence-electron chi connectivity index (χ3n) is 3.83. The Balaban J connectivity index is 2.23. The molecule has 0 bridgehead atoms. The van der Waals surface area contributed by atoms with Crippen LogP contribution >= 0.6 is 0 Å². The van der Waals surface area contributed by atoms with Gasteiger partial charge in [0, 0.05) is 18.1 Å². The highest BCUT2D eigenvalue weighted by atomic mass is 16.4. The summed E-state index contributed by atoms with van der Waals surface area (Å²) in [5.74, 6) is -1.09. The Hall–Kier alpha value is -2.35. The summed E-state index contributed by atoms with van der Waals surface area (Å²) >= 11 is 0. The van der Waals surface area contributed by atoms with E-state index >= 15 is 0 Å². The fourth-order valence-corrected chi connectivity index (χ4v) is 2.47. The second-order valence-corrected chi connectivity index (χ2v) is 5.16. The van der Waals surface area contributed by atoms with Crippen molar-refractivity contribution in [2.75, 3.05) is 0 Å². The minimum Gasteiger partial charge on any atom is -0.481 e. The van der Waals surface area contributed by atoms with Crippen LogP contribution in [0.2, 0.25) is 0 Å². The normalized spacial score (nSPS) is 12.2. The molecule has 21 heavy (non-hydrogen) atoms. The smallest absolute Gasteiger partial charge is 0.306 e. The van der Waals surface area contributed by atoms with Gasteiger partial charge < -0.3 is 5.11 Å². The first-order chi connectivity index (χ1) is 10.1. The van der Waals surface area contributed by atoms with Gasteiger partial charge in [-0.2, -0.15) is 10.4 Å². The summed E-state index contributed by atoms with van der Waals surface area (Å²) in [7, 11) is 0. The van der Waals surface area contributed by atoms with Crippen LogP contribution in [-0.4, -0.2) is 20.9 Å². The average Bonchev–Trinajstić information content (AvgIpc) is 2.87. The summed E-state index contributed by atoms with van der Waals surface area (Å²) in [5, 5.41) is 23.6.